The van der Waals surface area contributed by atoms with Gasteiger partial charge in [0.1, 0.15) is 0 Å². The van der Waals surface area contributed by atoms with Crippen molar-refractivity contribution in [2.45, 2.75) is 31.6 Å². The Balaban J connectivity index is 2.50. The highest BCUT2D eigenvalue weighted by Crippen LogP contribution is 2.25. The minimum Gasteiger partial charge on any atom is -0.0952 e. The van der Waals surface area contributed by atoms with Crippen LogP contribution in [0.3, 0.4) is 0 Å². The van der Waals surface area contributed by atoms with E-state index in [-0.39, 0.29) is 0 Å². The van der Waals surface area contributed by atoms with Crippen molar-refractivity contribution < 1.29 is 0 Å². The van der Waals surface area contributed by atoms with Crippen LogP contribution in [0.25, 0.3) is 0 Å². The summed E-state index contributed by atoms with van der Waals surface area (Å²) >= 11 is 1.84. The Hall–Kier alpha value is -0.690. The van der Waals surface area contributed by atoms with Crippen molar-refractivity contribution in [1.82, 2.24) is 0 Å². The van der Waals surface area contributed by atoms with Crippen LogP contribution < -0.4 is 0 Å². The Kier molecular flexibility index (Phi) is 4.69. The molecule has 0 aromatic heterocycles. The molecule has 1 rings (SSSR count). The van der Waals surface area contributed by atoms with Gasteiger partial charge in [-0.1, -0.05) is 49.4 Å². The van der Waals surface area contributed by atoms with E-state index in [0.717, 1.165) is 0 Å². The number of thioether (sulfide) groups is 1. The first-order valence-corrected chi connectivity index (χ1v) is 5.54. The summed E-state index contributed by atoms with van der Waals surface area (Å²) in [5, 5.41) is 0. The zero-order valence-corrected chi connectivity index (χ0v) is 9.10. The maximum Gasteiger partial charge on any atom is 0.0118 e. The second-order valence-corrected chi connectivity index (χ2v) is 4.34. The zero-order chi connectivity index (χ0) is 9.52. The lowest BCUT2D eigenvalue weighted by Crippen LogP contribution is -1.71. The number of unbranched alkanes of at least 4 members (excludes halogenated alkanes) is 1. The normalized spacial score (nSPS) is 11.7. The summed E-state index contributed by atoms with van der Waals surface area (Å²) in [7, 11) is 0. The fourth-order valence-electron chi connectivity index (χ4n) is 1.06. The van der Waals surface area contributed by atoms with E-state index in [2.05, 4.69) is 50.3 Å². The van der Waals surface area contributed by atoms with Gasteiger partial charge in [0.05, 0.1) is 0 Å². The molecule has 0 aliphatic heterocycles. The molecule has 70 valence electrons. The van der Waals surface area contributed by atoms with Crippen LogP contribution in [0.4, 0.5) is 0 Å². The van der Waals surface area contributed by atoms with Gasteiger partial charge in [-0.2, -0.15) is 0 Å². The van der Waals surface area contributed by atoms with Gasteiger partial charge in [-0.3, -0.25) is 0 Å². The van der Waals surface area contributed by atoms with Gasteiger partial charge in [0.2, 0.25) is 0 Å². The Morgan fingerprint density at radius 3 is 2.62 bits per heavy atom. The maximum absolute atomic E-state index is 2.30. The van der Waals surface area contributed by atoms with Crippen LogP contribution in [0.2, 0.25) is 0 Å². The van der Waals surface area contributed by atoms with E-state index in [1.165, 1.54) is 22.6 Å². The smallest absolute Gasteiger partial charge is 0.0118 e. The second kappa shape index (κ2) is 5.87. The van der Waals surface area contributed by atoms with Crippen LogP contribution >= 0.6 is 11.8 Å². The van der Waals surface area contributed by atoms with Crippen molar-refractivity contribution in [3.05, 3.63) is 41.3 Å². The van der Waals surface area contributed by atoms with Crippen LogP contribution in [0, 0.1) is 0 Å². The van der Waals surface area contributed by atoms with Crippen LogP contribution in [-0.2, 0) is 0 Å². The number of hydrogen-bond donors (Lipinski definition) is 0. The van der Waals surface area contributed by atoms with Crippen molar-refractivity contribution in [2.75, 3.05) is 0 Å². The molecule has 1 aromatic carbocycles. The molecule has 0 nitrogen and oxygen atoms in total. The summed E-state index contributed by atoms with van der Waals surface area (Å²) in [6.45, 7) is 4.38. The number of rotatable bonds is 4. The Morgan fingerprint density at radius 1 is 1.31 bits per heavy atom. The number of hydrogen-bond acceptors (Lipinski definition) is 1. The average Bonchev–Trinajstić information content (AvgIpc) is 2.16. The molecule has 13 heavy (non-hydrogen) atoms. The molecule has 0 atom stereocenters. The van der Waals surface area contributed by atoms with E-state index in [4.69, 9.17) is 0 Å². The van der Waals surface area contributed by atoms with Crippen LogP contribution in [-0.4, -0.2) is 0 Å². The summed E-state index contributed by atoms with van der Waals surface area (Å²) < 4.78 is 0. The first kappa shape index (κ1) is 10.4. The van der Waals surface area contributed by atoms with Gasteiger partial charge in [0.15, 0.2) is 0 Å². The standard InChI is InChI=1S/C12H16S/c1-3-4-8-11(2)13-12-9-6-5-7-10-12/h5-10H,3-4H2,1-2H3. The molecule has 0 radical (unpaired) electrons. The van der Waals surface area contributed by atoms with E-state index >= 15 is 0 Å². The number of allylic oxidation sites excluding steroid dienone is 2. The van der Waals surface area contributed by atoms with Gasteiger partial charge in [0, 0.05) is 4.90 Å². The van der Waals surface area contributed by atoms with Crippen molar-refractivity contribution in [2.24, 2.45) is 0 Å². The molecule has 0 N–H and O–H groups in total. The van der Waals surface area contributed by atoms with Gasteiger partial charge >= 0.3 is 0 Å². The highest BCUT2D eigenvalue weighted by atomic mass is 32.2. The maximum atomic E-state index is 2.30. The molecule has 1 heteroatoms. The molecule has 0 aliphatic carbocycles. The quantitative estimate of drug-likeness (QED) is 0.634. The molecule has 0 bridgehead atoms. The van der Waals surface area contributed by atoms with Gasteiger partial charge in [0.25, 0.3) is 0 Å². The fourth-order valence-corrected chi connectivity index (χ4v) is 1.93. The van der Waals surface area contributed by atoms with Gasteiger partial charge in [-0.05, 0) is 30.4 Å². The molecular weight excluding hydrogens is 176 g/mol. The fraction of sp³-hybridized carbons (Fsp3) is 0.333. The topological polar surface area (TPSA) is 0 Å². The lowest BCUT2D eigenvalue weighted by Gasteiger charge is -2.00. The molecule has 0 amide bonds. The lowest BCUT2D eigenvalue weighted by molar-refractivity contribution is 0.955. The summed E-state index contributed by atoms with van der Waals surface area (Å²) in [4.78, 5) is 2.72. The molecule has 0 heterocycles. The van der Waals surface area contributed by atoms with Gasteiger partial charge in [-0.25, -0.2) is 0 Å². The lowest BCUT2D eigenvalue weighted by atomic mass is 10.3. The minimum atomic E-state index is 1.19. The zero-order valence-electron chi connectivity index (χ0n) is 8.29. The molecule has 0 saturated carbocycles. The molecule has 0 aliphatic rings. The van der Waals surface area contributed by atoms with Crippen LogP contribution in [0.5, 0.6) is 0 Å². The van der Waals surface area contributed by atoms with E-state index in [1.807, 2.05) is 11.8 Å². The Bertz CT molecular complexity index is 262. The van der Waals surface area contributed by atoms with Crippen molar-refractivity contribution >= 4 is 11.8 Å². The van der Waals surface area contributed by atoms with E-state index in [1.54, 1.807) is 0 Å². The van der Waals surface area contributed by atoms with E-state index in [0.29, 0.717) is 0 Å². The predicted octanol–water partition coefficient (Wildman–Crippen LogP) is 4.48. The largest absolute Gasteiger partial charge is 0.0952 e. The van der Waals surface area contributed by atoms with E-state index < -0.39 is 0 Å². The first-order valence-electron chi connectivity index (χ1n) is 4.72. The first-order chi connectivity index (χ1) is 6.33. The molecule has 0 spiro atoms. The van der Waals surface area contributed by atoms with Crippen molar-refractivity contribution in [3.8, 4) is 0 Å². The molecule has 0 saturated heterocycles. The number of benzene rings is 1. The Labute approximate surface area is 85.1 Å². The summed E-state index contributed by atoms with van der Waals surface area (Å²) in [6, 6.07) is 10.5. The van der Waals surface area contributed by atoms with Gasteiger partial charge in [-0.15, -0.1) is 0 Å². The summed E-state index contributed by atoms with van der Waals surface area (Å²) in [6.07, 6.45) is 4.72. The van der Waals surface area contributed by atoms with Crippen molar-refractivity contribution in [3.63, 3.8) is 0 Å². The third-order valence-electron chi connectivity index (χ3n) is 1.74. The van der Waals surface area contributed by atoms with E-state index in [9.17, 15) is 0 Å². The Morgan fingerprint density at radius 2 is 2.00 bits per heavy atom. The molecule has 1 aromatic rings. The molecular formula is C12H16S. The van der Waals surface area contributed by atoms with Gasteiger partial charge < -0.3 is 0 Å². The third kappa shape index (κ3) is 4.18. The third-order valence-corrected chi connectivity index (χ3v) is 2.74. The molecule has 0 fully saturated rings. The van der Waals surface area contributed by atoms with Crippen LogP contribution in [0.1, 0.15) is 26.7 Å². The van der Waals surface area contributed by atoms with Crippen LogP contribution in [0.15, 0.2) is 46.2 Å². The second-order valence-electron chi connectivity index (χ2n) is 3.02. The minimum absolute atomic E-state index is 1.19. The monoisotopic (exact) mass is 192 g/mol. The van der Waals surface area contributed by atoms with Crippen molar-refractivity contribution in [1.29, 1.82) is 0 Å². The SMILES string of the molecule is CCCC=C(C)Sc1ccccc1. The summed E-state index contributed by atoms with van der Waals surface area (Å²) in [5.74, 6) is 0. The highest BCUT2D eigenvalue weighted by molar-refractivity contribution is 8.03. The average molecular weight is 192 g/mol. The summed E-state index contributed by atoms with van der Waals surface area (Å²) in [5.41, 5.74) is 0. The highest BCUT2D eigenvalue weighted by Gasteiger charge is 1.92. The molecule has 0 unspecified atom stereocenters. The predicted molar refractivity (Wildman–Crippen MR) is 61.0 cm³/mol.